The summed E-state index contributed by atoms with van der Waals surface area (Å²) in [7, 11) is 0. The highest BCUT2D eigenvalue weighted by Crippen LogP contribution is 2.06. The molecule has 0 radical (unpaired) electrons. The molecule has 0 aliphatic rings. The fraction of sp³-hybridized carbons (Fsp3) is 0.154. The molecule has 0 atom stereocenters. The van der Waals surface area contributed by atoms with Crippen molar-refractivity contribution in [2.24, 2.45) is 0 Å². The Morgan fingerprint density at radius 3 is 2.35 bits per heavy atom. The standard InChI is InChI=1S/C13H15N3O4/c14-10-4-1-9(2-5-10)3-6-11(17)15-7-12(18)16-8-13(19)20/h1-6H,7-8,14H2,(H,15,17)(H,16,18)(H,19,20)/b6-3+. The van der Waals surface area contributed by atoms with E-state index in [2.05, 4.69) is 10.6 Å². The van der Waals surface area contributed by atoms with Crippen LogP contribution in [0.2, 0.25) is 0 Å². The van der Waals surface area contributed by atoms with Gasteiger partial charge in [0.1, 0.15) is 6.54 Å². The van der Waals surface area contributed by atoms with Gasteiger partial charge in [0.25, 0.3) is 0 Å². The van der Waals surface area contributed by atoms with Crippen molar-refractivity contribution in [1.29, 1.82) is 0 Å². The van der Waals surface area contributed by atoms with Crippen LogP contribution in [0.3, 0.4) is 0 Å². The topological polar surface area (TPSA) is 122 Å². The van der Waals surface area contributed by atoms with Crippen LogP contribution in [-0.4, -0.2) is 36.0 Å². The van der Waals surface area contributed by atoms with Gasteiger partial charge < -0.3 is 21.5 Å². The minimum atomic E-state index is -1.15. The summed E-state index contributed by atoms with van der Waals surface area (Å²) in [6, 6.07) is 6.91. The summed E-state index contributed by atoms with van der Waals surface area (Å²) in [6.45, 7) is -0.756. The van der Waals surface area contributed by atoms with E-state index in [-0.39, 0.29) is 6.54 Å². The zero-order chi connectivity index (χ0) is 15.0. The van der Waals surface area contributed by atoms with Crippen molar-refractivity contribution in [2.45, 2.75) is 0 Å². The van der Waals surface area contributed by atoms with Crippen LogP contribution in [0.15, 0.2) is 30.3 Å². The van der Waals surface area contributed by atoms with Gasteiger partial charge in [0.05, 0.1) is 6.54 Å². The van der Waals surface area contributed by atoms with Gasteiger partial charge in [-0.25, -0.2) is 0 Å². The van der Waals surface area contributed by atoms with E-state index in [0.29, 0.717) is 5.69 Å². The minimum absolute atomic E-state index is 0.280. The van der Waals surface area contributed by atoms with E-state index >= 15 is 0 Å². The molecule has 0 spiro atoms. The van der Waals surface area contributed by atoms with Crippen LogP contribution in [0.1, 0.15) is 5.56 Å². The van der Waals surface area contributed by atoms with Crippen LogP contribution in [-0.2, 0) is 14.4 Å². The number of hydrogen-bond acceptors (Lipinski definition) is 4. The van der Waals surface area contributed by atoms with Gasteiger partial charge in [0.15, 0.2) is 0 Å². The van der Waals surface area contributed by atoms with Crippen molar-refractivity contribution in [3.63, 3.8) is 0 Å². The van der Waals surface area contributed by atoms with E-state index < -0.39 is 24.3 Å². The number of nitrogens with one attached hydrogen (secondary N) is 2. The number of carboxylic acids is 1. The van der Waals surface area contributed by atoms with Crippen molar-refractivity contribution in [1.82, 2.24) is 10.6 Å². The summed E-state index contributed by atoms with van der Waals surface area (Å²) in [6.07, 6.45) is 2.85. The van der Waals surface area contributed by atoms with Gasteiger partial charge in [-0.05, 0) is 23.8 Å². The number of nitrogens with two attached hydrogens (primary N) is 1. The Kier molecular flexibility index (Phi) is 5.76. The number of nitrogen functional groups attached to an aromatic ring is 1. The Balaban J connectivity index is 2.34. The average Bonchev–Trinajstić information content (AvgIpc) is 2.42. The van der Waals surface area contributed by atoms with Crippen LogP contribution in [0, 0.1) is 0 Å². The summed E-state index contributed by atoms with van der Waals surface area (Å²) < 4.78 is 0. The lowest BCUT2D eigenvalue weighted by molar-refractivity contribution is -0.137. The van der Waals surface area contributed by atoms with E-state index in [9.17, 15) is 14.4 Å². The van der Waals surface area contributed by atoms with E-state index in [4.69, 9.17) is 10.8 Å². The molecule has 7 nitrogen and oxygen atoms in total. The van der Waals surface area contributed by atoms with Gasteiger partial charge in [-0.1, -0.05) is 12.1 Å². The number of aliphatic carboxylic acids is 1. The molecular weight excluding hydrogens is 262 g/mol. The number of rotatable bonds is 6. The quantitative estimate of drug-likeness (QED) is 0.416. The fourth-order valence-electron chi connectivity index (χ4n) is 1.24. The largest absolute Gasteiger partial charge is 0.480 e. The van der Waals surface area contributed by atoms with E-state index in [1.165, 1.54) is 6.08 Å². The maximum absolute atomic E-state index is 11.4. The van der Waals surface area contributed by atoms with Crippen molar-refractivity contribution in [3.8, 4) is 0 Å². The first-order chi connectivity index (χ1) is 9.47. The first-order valence-corrected chi connectivity index (χ1v) is 5.77. The highest BCUT2D eigenvalue weighted by Gasteiger charge is 2.04. The Morgan fingerprint density at radius 1 is 1.10 bits per heavy atom. The summed E-state index contributed by atoms with van der Waals surface area (Å²) in [4.78, 5) is 32.7. The molecule has 0 bridgehead atoms. The maximum Gasteiger partial charge on any atom is 0.322 e. The predicted molar refractivity (Wildman–Crippen MR) is 73.5 cm³/mol. The number of amides is 2. The molecule has 0 aromatic heterocycles. The third kappa shape index (κ3) is 6.20. The van der Waals surface area contributed by atoms with Crippen LogP contribution < -0.4 is 16.4 Å². The lowest BCUT2D eigenvalue weighted by Gasteiger charge is -2.02. The van der Waals surface area contributed by atoms with Gasteiger partial charge in [-0.3, -0.25) is 14.4 Å². The first kappa shape index (κ1) is 15.2. The second kappa shape index (κ2) is 7.57. The smallest absolute Gasteiger partial charge is 0.322 e. The summed E-state index contributed by atoms with van der Waals surface area (Å²) in [5, 5.41) is 12.8. The molecule has 0 unspecified atom stereocenters. The molecule has 1 rings (SSSR count). The van der Waals surface area contributed by atoms with Crippen molar-refractivity contribution in [3.05, 3.63) is 35.9 Å². The lowest BCUT2D eigenvalue weighted by atomic mass is 10.2. The van der Waals surface area contributed by atoms with Crippen LogP contribution in [0.5, 0.6) is 0 Å². The van der Waals surface area contributed by atoms with Crippen LogP contribution in [0.25, 0.3) is 6.08 Å². The second-order valence-electron chi connectivity index (χ2n) is 3.89. The number of carbonyl (C=O) groups is 3. The molecule has 106 valence electrons. The Bertz CT molecular complexity index is 523. The molecule has 20 heavy (non-hydrogen) atoms. The average molecular weight is 277 g/mol. The third-order valence-corrected chi connectivity index (χ3v) is 2.22. The van der Waals surface area contributed by atoms with Crippen molar-refractivity contribution >= 4 is 29.5 Å². The van der Waals surface area contributed by atoms with E-state index in [1.54, 1.807) is 30.3 Å². The summed E-state index contributed by atoms with van der Waals surface area (Å²) >= 11 is 0. The number of anilines is 1. The predicted octanol–water partition coefficient (Wildman–Crippen LogP) is -0.401. The Hall–Kier alpha value is -2.83. The molecule has 0 aliphatic carbocycles. The number of hydrogen-bond donors (Lipinski definition) is 4. The highest BCUT2D eigenvalue weighted by atomic mass is 16.4. The molecule has 5 N–H and O–H groups in total. The van der Waals surface area contributed by atoms with Gasteiger partial charge in [-0.15, -0.1) is 0 Å². The van der Waals surface area contributed by atoms with Crippen molar-refractivity contribution < 1.29 is 19.5 Å². The molecule has 2 amide bonds. The number of benzene rings is 1. The Labute approximate surface area is 115 Å². The van der Waals surface area contributed by atoms with Gasteiger partial charge in [-0.2, -0.15) is 0 Å². The zero-order valence-electron chi connectivity index (χ0n) is 10.6. The zero-order valence-corrected chi connectivity index (χ0v) is 10.6. The van der Waals surface area contributed by atoms with E-state index in [1.807, 2.05) is 0 Å². The molecular formula is C13H15N3O4. The molecule has 0 fully saturated rings. The summed E-state index contributed by atoms with van der Waals surface area (Å²) in [5.74, 6) is -2.16. The molecule has 7 heteroatoms. The third-order valence-electron chi connectivity index (χ3n) is 2.22. The molecule has 0 saturated heterocycles. The minimum Gasteiger partial charge on any atom is -0.480 e. The van der Waals surface area contributed by atoms with Crippen molar-refractivity contribution in [2.75, 3.05) is 18.8 Å². The monoisotopic (exact) mass is 277 g/mol. The maximum atomic E-state index is 11.4. The van der Waals surface area contributed by atoms with Crippen LogP contribution >= 0.6 is 0 Å². The van der Waals surface area contributed by atoms with E-state index in [0.717, 1.165) is 5.56 Å². The normalized spacial score (nSPS) is 10.2. The first-order valence-electron chi connectivity index (χ1n) is 5.77. The SMILES string of the molecule is Nc1ccc(/C=C/C(=O)NCC(=O)NCC(=O)O)cc1. The van der Waals surface area contributed by atoms with Gasteiger partial charge in [0.2, 0.25) is 11.8 Å². The lowest BCUT2D eigenvalue weighted by Crippen LogP contribution is -2.38. The number of carbonyl (C=O) groups excluding carboxylic acids is 2. The van der Waals surface area contributed by atoms with Crippen LogP contribution in [0.4, 0.5) is 5.69 Å². The molecule has 1 aromatic rings. The Morgan fingerprint density at radius 2 is 1.75 bits per heavy atom. The second-order valence-corrected chi connectivity index (χ2v) is 3.89. The molecule has 0 saturated carbocycles. The molecule has 0 heterocycles. The highest BCUT2D eigenvalue weighted by molar-refractivity contribution is 5.94. The molecule has 1 aromatic carbocycles. The van der Waals surface area contributed by atoms with Gasteiger partial charge in [0, 0.05) is 11.8 Å². The fourth-order valence-corrected chi connectivity index (χ4v) is 1.24. The molecule has 0 aliphatic heterocycles. The summed E-state index contributed by atoms with van der Waals surface area (Å²) in [5.41, 5.74) is 6.95. The van der Waals surface area contributed by atoms with Gasteiger partial charge >= 0.3 is 5.97 Å². The number of carboxylic acid groups (broad SMARTS) is 1.